The Morgan fingerprint density at radius 1 is 1.35 bits per heavy atom. The third-order valence-corrected chi connectivity index (χ3v) is 2.38. The number of aromatic nitrogens is 3. The van der Waals surface area contributed by atoms with Crippen LogP contribution < -0.4 is 5.32 Å². The molecule has 0 radical (unpaired) electrons. The summed E-state index contributed by atoms with van der Waals surface area (Å²) < 4.78 is 14.0. The van der Waals surface area contributed by atoms with E-state index >= 15 is 0 Å². The molecule has 0 saturated heterocycles. The van der Waals surface area contributed by atoms with Crippen LogP contribution in [0.4, 0.5) is 10.3 Å². The van der Waals surface area contributed by atoms with Crippen LogP contribution in [0.25, 0.3) is 0 Å². The molecule has 1 aromatic heterocycles. The summed E-state index contributed by atoms with van der Waals surface area (Å²) in [6.45, 7) is 0. The summed E-state index contributed by atoms with van der Waals surface area (Å²) in [6, 6.07) is 4.15. The lowest BCUT2D eigenvalue weighted by molar-refractivity contribution is 0.102. The Balaban J connectivity index is 2.21. The molecular formula is C10H6BrFN4O. The van der Waals surface area contributed by atoms with Crippen molar-refractivity contribution < 1.29 is 9.18 Å². The second-order valence-electron chi connectivity index (χ2n) is 3.04. The molecule has 1 amide bonds. The van der Waals surface area contributed by atoms with Crippen molar-refractivity contribution in [1.29, 1.82) is 0 Å². The molecule has 0 unspecified atom stereocenters. The predicted molar refractivity (Wildman–Crippen MR) is 61.9 cm³/mol. The second-order valence-corrected chi connectivity index (χ2v) is 3.96. The summed E-state index contributed by atoms with van der Waals surface area (Å²) in [4.78, 5) is 15.4. The Kier molecular flexibility index (Phi) is 3.38. The molecule has 7 heteroatoms. The number of amides is 1. The van der Waals surface area contributed by atoms with E-state index < -0.39 is 11.7 Å². The fourth-order valence-corrected chi connectivity index (χ4v) is 1.48. The highest BCUT2D eigenvalue weighted by molar-refractivity contribution is 9.10. The molecule has 1 heterocycles. The van der Waals surface area contributed by atoms with E-state index in [0.29, 0.717) is 4.47 Å². The van der Waals surface area contributed by atoms with E-state index in [2.05, 4.69) is 36.4 Å². The minimum Gasteiger partial charge on any atom is -0.289 e. The number of rotatable bonds is 2. The van der Waals surface area contributed by atoms with Gasteiger partial charge >= 0.3 is 0 Å². The lowest BCUT2D eigenvalue weighted by Crippen LogP contribution is -2.15. The number of hydrogen-bond acceptors (Lipinski definition) is 4. The van der Waals surface area contributed by atoms with Gasteiger partial charge in [-0.1, -0.05) is 15.9 Å². The van der Waals surface area contributed by atoms with Crippen LogP contribution in [0.15, 0.2) is 35.1 Å². The van der Waals surface area contributed by atoms with Gasteiger partial charge in [-0.2, -0.15) is 5.10 Å². The fraction of sp³-hybridized carbons (Fsp3) is 0. The fourth-order valence-electron chi connectivity index (χ4n) is 1.15. The normalized spacial score (nSPS) is 10.0. The van der Waals surface area contributed by atoms with E-state index in [0.717, 1.165) is 0 Å². The monoisotopic (exact) mass is 296 g/mol. The summed E-state index contributed by atoms with van der Waals surface area (Å²) in [5.74, 6) is -1.22. The van der Waals surface area contributed by atoms with E-state index in [1.54, 1.807) is 6.07 Å². The van der Waals surface area contributed by atoms with Crippen LogP contribution >= 0.6 is 15.9 Å². The molecule has 86 valence electrons. The highest BCUT2D eigenvalue weighted by Gasteiger charge is 2.13. The zero-order valence-electron chi connectivity index (χ0n) is 8.39. The third kappa shape index (κ3) is 2.82. The van der Waals surface area contributed by atoms with Crippen LogP contribution in [0.1, 0.15) is 10.4 Å². The number of carbonyl (C=O) groups excluding carboxylic acids is 1. The van der Waals surface area contributed by atoms with Gasteiger partial charge in [0.05, 0.1) is 18.0 Å². The highest BCUT2D eigenvalue weighted by atomic mass is 79.9. The van der Waals surface area contributed by atoms with Crippen LogP contribution in [0.5, 0.6) is 0 Å². The molecule has 17 heavy (non-hydrogen) atoms. The van der Waals surface area contributed by atoms with E-state index in [1.165, 1.54) is 24.5 Å². The van der Waals surface area contributed by atoms with Crippen molar-refractivity contribution >= 4 is 27.8 Å². The average molecular weight is 297 g/mol. The molecule has 1 N–H and O–H groups in total. The second kappa shape index (κ2) is 4.96. The minimum atomic E-state index is -0.624. The van der Waals surface area contributed by atoms with E-state index in [4.69, 9.17) is 0 Å². The Bertz CT molecular complexity index is 549. The lowest BCUT2D eigenvalue weighted by Gasteiger charge is -2.03. The summed E-state index contributed by atoms with van der Waals surface area (Å²) in [5, 5.41) is 9.45. The van der Waals surface area contributed by atoms with Crippen molar-refractivity contribution in [3.05, 3.63) is 46.4 Å². The van der Waals surface area contributed by atoms with Gasteiger partial charge in [-0.3, -0.25) is 10.1 Å². The van der Waals surface area contributed by atoms with Crippen molar-refractivity contribution in [3.8, 4) is 0 Å². The Morgan fingerprint density at radius 3 is 2.82 bits per heavy atom. The largest absolute Gasteiger partial charge is 0.289 e. The standard InChI is InChI=1S/C10H6BrFN4O/c11-6-1-2-7(8(12)5-6)9(17)15-10-13-3-4-14-16-10/h1-5H,(H,13,15,16,17). The average Bonchev–Trinajstić information content (AvgIpc) is 2.30. The van der Waals surface area contributed by atoms with Crippen LogP contribution in [-0.4, -0.2) is 21.1 Å². The van der Waals surface area contributed by atoms with Crippen molar-refractivity contribution in [2.45, 2.75) is 0 Å². The molecule has 0 aliphatic heterocycles. The van der Waals surface area contributed by atoms with E-state index in [9.17, 15) is 9.18 Å². The van der Waals surface area contributed by atoms with Crippen molar-refractivity contribution in [3.63, 3.8) is 0 Å². The molecular weight excluding hydrogens is 291 g/mol. The van der Waals surface area contributed by atoms with Crippen molar-refractivity contribution in [2.75, 3.05) is 5.32 Å². The zero-order chi connectivity index (χ0) is 12.3. The molecule has 1 aromatic carbocycles. The molecule has 0 bridgehead atoms. The van der Waals surface area contributed by atoms with Gasteiger partial charge in [0, 0.05) is 4.47 Å². The van der Waals surface area contributed by atoms with Gasteiger partial charge in [-0.25, -0.2) is 9.37 Å². The zero-order valence-corrected chi connectivity index (χ0v) is 9.98. The molecule has 0 atom stereocenters. The van der Waals surface area contributed by atoms with Gasteiger partial charge in [0.25, 0.3) is 5.91 Å². The maximum absolute atomic E-state index is 13.5. The maximum Gasteiger partial charge on any atom is 0.261 e. The number of carbonyl (C=O) groups is 1. The van der Waals surface area contributed by atoms with Gasteiger partial charge < -0.3 is 0 Å². The minimum absolute atomic E-state index is 0.0276. The molecule has 0 saturated carbocycles. The summed E-state index contributed by atoms with van der Waals surface area (Å²) in [7, 11) is 0. The Morgan fingerprint density at radius 2 is 2.18 bits per heavy atom. The smallest absolute Gasteiger partial charge is 0.261 e. The topological polar surface area (TPSA) is 67.8 Å². The van der Waals surface area contributed by atoms with Gasteiger partial charge in [-0.15, -0.1) is 5.10 Å². The van der Waals surface area contributed by atoms with Gasteiger partial charge in [0.1, 0.15) is 5.82 Å². The number of nitrogens with one attached hydrogen (secondary N) is 1. The third-order valence-electron chi connectivity index (χ3n) is 1.88. The Labute approximate surface area is 104 Å². The van der Waals surface area contributed by atoms with Gasteiger partial charge in [-0.05, 0) is 18.2 Å². The number of hydrogen-bond donors (Lipinski definition) is 1. The first kappa shape index (κ1) is 11.6. The molecule has 0 fully saturated rings. The first-order valence-corrected chi connectivity index (χ1v) is 5.36. The predicted octanol–water partition coefficient (Wildman–Crippen LogP) is 2.03. The van der Waals surface area contributed by atoms with E-state index in [-0.39, 0.29) is 11.5 Å². The summed E-state index contributed by atoms with van der Waals surface area (Å²) >= 11 is 3.11. The maximum atomic E-state index is 13.5. The molecule has 2 aromatic rings. The Hall–Kier alpha value is -1.89. The van der Waals surface area contributed by atoms with Crippen LogP contribution in [0, 0.1) is 5.82 Å². The lowest BCUT2D eigenvalue weighted by atomic mass is 10.2. The molecule has 0 aliphatic rings. The first-order chi connectivity index (χ1) is 8.16. The quantitative estimate of drug-likeness (QED) is 0.921. The number of benzene rings is 1. The van der Waals surface area contributed by atoms with Crippen molar-refractivity contribution in [2.24, 2.45) is 0 Å². The number of halogens is 2. The highest BCUT2D eigenvalue weighted by Crippen LogP contribution is 2.15. The number of anilines is 1. The molecule has 2 rings (SSSR count). The summed E-state index contributed by atoms with van der Waals surface area (Å²) in [6.07, 6.45) is 2.75. The van der Waals surface area contributed by atoms with Crippen molar-refractivity contribution in [1.82, 2.24) is 15.2 Å². The number of nitrogens with zero attached hydrogens (tertiary/aromatic N) is 3. The van der Waals surface area contributed by atoms with Gasteiger partial charge in [0.15, 0.2) is 0 Å². The SMILES string of the molecule is O=C(Nc1nccnn1)c1ccc(Br)cc1F. The first-order valence-electron chi connectivity index (χ1n) is 4.57. The summed E-state index contributed by atoms with van der Waals surface area (Å²) in [5.41, 5.74) is -0.0827. The van der Waals surface area contributed by atoms with E-state index in [1.807, 2.05) is 0 Å². The van der Waals surface area contributed by atoms with Crippen LogP contribution in [-0.2, 0) is 0 Å². The molecule has 5 nitrogen and oxygen atoms in total. The van der Waals surface area contributed by atoms with Crippen LogP contribution in [0.2, 0.25) is 0 Å². The molecule has 0 aliphatic carbocycles. The van der Waals surface area contributed by atoms with Crippen LogP contribution in [0.3, 0.4) is 0 Å². The van der Waals surface area contributed by atoms with Gasteiger partial charge in [0.2, 0.25) is 5.95 Å². The molecule has 0 spiro atoms.